The van der Waals surface area contributed by atoms with Crippen molar-refractivity contribution >= 4 is 0 Å². The van der Waals surface area contributed by atoms with Crippen LogP contribution >= 0.6 is 0 Å². The molecule has 16 heavy (non-hydrogen) atoms. The van der Waals surface area contributed by atoms with Crippen molar-refractivity contribution in [1.29, 1.82) is 0 Å². The normalized spacial score (nSPS) is 12.5. The molecule has 0 radical (unpaired) electrons. The minimum atomic E-state index is -0.531. The highest BCUT2D eigenvalue weighted by atomic mass is 19.1. The van der Waals surface area contributed by atoms with Gasteiger partial charge in [-0.05, 0) is 31.7 Å². The van der Waals surface area contributed by atoms with Crippen LogP contribution in [0.25, 0.3) is 0 Å². The van der Waals surface area contributed by atoms with Gasteiger partial charge in [0.2, 0.25) is 0 Å². The van der Waals surface area contributed by atoms with Crippen LogP contribution in [0.15, 0.2) is 18.2 Å². The van der Waals surface area contributed by atoms with Crippen LogP contribution in [-0.4, -0.2) is 24.4 Å². The summed E-state index contributed by atoms with van der Waals surface area (Å²) in [7, 11) is 0. The number of halogens is 1. The Morgan fingerprint density at radius 3 is 2.88 bits per heavy atom. The summed E-state index contributed by atoms with van der Waals surface area (Å²) in [5, 5.41) is 12.2. The first kappa shape index (κ1) is 12.9. The van der Waals surface area contributed by atoms with Crippen LogP contribution in [0.2, 0.25) is 0 Å². The predicted molar refractivity (Wildman–Crippen MR) is 61.0 cm³/mol. The topological polar surface area (TPSA) is 41.5 Å². The number of ether oxygens (including phenoxy) is 1. The summed E-state index contributed by atoms with van der Waals surface area (Å²) in [4.78, 5) is 0. The van der Waals surface area contributed by atoms with Gasteiger partial charge in [0.1, 0.15) is 18.2 Å². The van der Waals surface area contributed by atoms with Gasteiger partial charge in [-0.25, -0.2) is 4.39 Å². The first-order chi connectivity index (χ1) is 7.63. The second-order valence-corrected chi connectivity index (χ2v) is 3.69. The fourth-order valence-corrected chi connectivity index (χ4v) is 1.30. The van der Waals surface area contributed by atoms with E-state index in [9.17, 15) is 4.39 Å². The fourth-order valence-electron chi connectivity index (χ4n) is 1.30. The van der Waals surface area contributed by atoms with Crippen molar-refractivity contribution < 1.29 is 14.2 Å². The molecule has 1 aromatic carbocycles. The van der Waals surface area contributed by atoms with E-state index in [1.807, 2.05) is 6.92 Å². The molecule has 1 rings (SSSR count). The second-order valence-electron chi connectivity index (χ2n) is 3.69. The Morgan fingerprint density at radius 2 is 2.25 bits per heavy atom. The summed E-state index contributed by atoms with van der Waals surface area (Å²) in [5.74, 6) is 0.334. The van der Waals surface area contributed by atoms with Crippen molar-refractivity contribution in [3.63, 3.8) is 0 Å². The van der Waals surface area contributed by atoms with Crippen LogP contribution in [0, 0.1) is 5.82 Å². The largest absolute Gasteiger partial charge is 0.491 e. The SMILES string of the molecule is CCNCc1cc(F)ccc1OCC(C)O. The maximum atomic E-state index is 13.0. The van der Waals surface area contributed by atoms with Crippen molar-refractivity contribution in [3.05, 3.63) is 29.6 Å². The zero-order valence-electron chi connectivity index (χ0n) is 9.66. The zero-order valence-corrected chi connectivity index (χ0v) is 9.66. The fraction of sp³-hybridized carbons (Fsp3) is 0.500. The van der Waals surface area contributed by atoms with Crippen molar-refractivity contribution in [2.24, 2.45) is 0 Å². The molecule has 0 fully saturated rings. The Morgan fingerprint density at radius 1 is 1.50 bits per heavy atom. The molecule has 0 amide bonds. The smallest absolute Gasteiger partial charge is 0.124 e. The maximum absolute atomic E-state index is 13.0. The Hall–Kier alpha value is -1.13. The summed E-state index contributed by atoms with van der Waals surface area (Å²) in [6, 6.07) is 4.39. The van der Waals surface area contributed by atoms with E-state index >= 15 is 0 Å². The van der Waals surface area contributed by atoms with Crippen LogP contribution in [0.1, 0.15) is 19.4 Å². The average Bonchev–Trinajstić information content (AvgIpc) is 2.24. The first-order valence-corrected chi connectivity index (χ1v) is 5.43. The molecule has 0 heterocycles. The van der Waals surface area contributed by atoms with Gasteiger partial charge in [-0.15, -0.1) is 0 Å². The maximum Gasteiger partial charge on any atom is 0.124 e. The minimum Gasteiger partial charge on any atom is -0.491 e. The molecule has 0 saturated carbocycles. The van der Waals surface area contributed by atoms with Gasteiger partial charge in [-0.2, -0.15) is 0 Å². The summed E-state index contributed by atoms with van der Waals surface area (Å²) in [5.41, 5.74) is 0.766. The van der Waals surface area contributed by atoms with E-state index in [0.717, 1.165) is 12.1 Å². The van der Waals surface area contributed by atoms with E-state index in [1.54, 1.807) is 13.0 Å². The van der Waals surface area contributed by atoms with E-state index in [2.05, 4.69) is 5.32 Å². The van der Waals surface area contributed by atoms with Gasteiger partial charge in [-0.1, -0.05) is 6.92 Å². The lowest BCUT2D eigenvalue weighted by Gasteiger charge is -2.13. The van der Waals surface area contributed by atoms with Gasteiger partial charge in [0, 0.05) is 12.1 Å². The van der Waals surface area contributed by atoms with E-state index < -0.39 is 6.10 Å². The highest BCUT2D eigenvalue weighted by Gasteiger charge is 2.06. The van der Waals surface area contributed by atoms with E-state index in [1.165, 1.54) is 12.1 Å². The summed E-state index contributed by atoms with van der Waals surface area (Å²) in [6.07, 6.45) is -0.531. The van der Waals surface area contributed by atoms with Crippen molar-refractivity contribution in [2.45, 2.75) is 26.5 Å². The van der Waals surface area contributed by atoms with Gasteiger partial charge >= 0.3 is 0 Å². The van der Waals surface area contributed by atoms with Crippen LogP contribution in [0.5, 0.6) is 5.75 Å². The standard InChI is InChI=1S/C12H18FNO2/c1-3-14-7-10-6-11(13)4-5-12(10)16-8-9(2)15/h4-6,9,14-15H,3,7-8H2,1-2H3. The monoisotopic (exact) mass is 227 g/mol. The first-order valence-electron chi connectivity index (χ1n) is 5.43. The van der Waals surface area contributed by atoms with Crippen molar-refractivity contribution in [3.8, 4) is 5.75 Å². The minimum absolute atomic E-state index is 0.213. The number of nitrogens with one attached hydrogen (secondary N) is 1. The molecule has 0 bridgehead atoms. The third kappa shape index (κ3) is 4.16. The number of hydrogen-bond donors (Lipinski definition) is 2. The summed E-state index contributed by atoms with van der Waals surface area (Å²) in [6.45, 7) is 5.21. The van der Waals surface area contributed by atoms with Gasteiger partial charge < -0.3 is 15.2 Å². The molecular formula is C12H18FNO2. The van der Waals surface area contributed by atoms with Gasteiger partial charge in [0.25, 0.3) is 0 Å². The number of hydrogen-bond acceptors (Lipinski definition) is 3. The summed E-state index contributed by atoms with van der Waals surface area (Å²) >= 11 is 0. The third-order valence-corrected chi connectivity index (χ3v) is 2.07. The Bertz CT molecular complexity index is 329. The molecule has 1 unspecified atom stereocenters. The molecule has 0 aliphatic carbocycles. The van der Waals surface area contributed by atoms with Gasteiger partial charge in [-0.3, -0.25) is 0 Å². The van der Waals surface area contributed by atoms with Crippen molar-refractivity contribution in [1.82, 2.24) is 5.32 Å². The van der Waals surface area contributed by atoms with Crippen LogP contribution < -0.4 is 10.1 Å². The van der Waals surface area contributed by atoms with E-state index in [4.69, 9.17) is 9.84 Å². The van der Waals surface area contributed by atoms with Gasteiger partial charge in [0.15, 0.2) is 0 Å². The molecular weight excluding hydrogens is 209 g/mol. The lowest BCUT2D eigenvalue weighted by molar-refractivity contribution is 0.122. The number of rotatable bonds is 6. The molecule has 4 heteroatoms. The summed E-state index contributed by atoms with van der Waals surface area (Å²) < 4.78 is 18.4. The molecule has 1 aromatic rings. The van der Waals surface area contributed by atoms with Crippen LogP contribution in [-0.2, 0) is 6.54 Å². The molecule has 3 nitrogen and oxygen atoms in total. The van der Waals surface area contributed by atoms with Crippen LogP contribution in [0.4, 0.5) is 4.39 Å². The predicted octanol–water partition coefficient (Wildman–Crippen LogP) is 1.69. The molecule has 0 aliphatic heterocycles. The molecule has 2 N–H and O–H groups in total. The quantitative estimate of drug-likeness (QED) is 0.777. The van der Waals surface area contributed by atoms with Crippen molar-refractivity contribution in [2.75, 3.05) is 13.2 Å². The number of aliphatic hydroxyl groups excluding tert-OH is 1. The highest BCUT2D eigenvalue weighted by Crippen LogP contribution is 2.19. The average molecular weight is 227 g/mol. The van der Waals surface area contributed by atoms with E-state index in [0.29, 0.717) is 12.3 Å². The van der Waals surface area contributed by atoms with Crippen LogP contribution in [0.3, 0.4) is 0 Å². The molecule has 0 saturated heterocycles. The third-order valence-electron chi connectivity index (χ3n) is 2.07. The molecule has 0 aromatic heterocycles. The number of aliphatic hydroxyl groups is 1. The lowest BCUT2D eigenvalue weighted by atomic mass is 10.2. The highest BCUT2D eigenvalue weighted by molar-refractivity contribution is 5.33. The zero-order chi connectivity index (χ0) is 12.0. The van der Waals surface area contributed by atoms with E-state index in [-0.39, 0.29) is 12.4 Å². The Kier molecular flexibility index (Phi) is 5.22. The molecule has 0 spiro atoms. The molecule has 1 atom stereocenters. The second kappa shape index (κ2) is 6.45. The Labute approximate surface area is 95.2 Å². The van der Waals surface area contributed by atoms with Gasteiger partial charge in [0.05, 0.1) is 6.10 Å². The molecule has 90 valence electrons. The number of benzene rings is 1. The Balaban J connectivity index is 2.72. The lowest BCUT2D eigenvalue weighted by Crippen LogP contribution is -2.16. The molecule has 0 aliphatic rings.